The van der Waals surface area contributed by atoms with Crippen LogP contribution in [-0.4, -0.2) is 15.6 Å². The summed E-state index contributed by atoms with van der Waals surface area (Å²) in [5.41, 5.74) is -6.54. The van der Waals surface area contributed by atoms with E-state index in [1.54, 1.807) is 6.07 Å². The predicted molar refractivity (Wildman–Crippen MR) is 78.3 cm³/mol. The Hall–Kier alpha value is -2.47. The lowest BCUT2D eigenvalue weighted by Crippen LogP contribution is -2.47. The van der Waals surface area contributed by atoms with Gasteiger partial charge in [-0.2, -0.15) is 18.4 Å². The first-order valence-corrected chi connectivity index (χ1v) is 7.53. The zero-order valence-corrected chi connectivity index (χ0v) is 13.3. The van der Waals surface area contributed by atoms with Crippen molar-refractivity contribution in [3.63, 3.8) is 0 Å². The highest BCUT2D eigenvalue weighted by Gasteiger charge is 2.58. The van der Waals surface area contributed by atoms with E-state index in [1.165, 1.54) is 6.07 Å². The molecular weight excluding hydrogens is 362 g/mol. The molecule has 0 bridgehead atoms. The van der Waals surface area contributed by atoms with Crippen LogP contribution in [-0.2, 0) is 18.2 Å². The van der Waals surface area contributed by atoms with Gasteiger partial charge in [-0.25, -0.2) is 13.2 Å². The van der Waals surface area contributed by atoms with Gasteiger partial charge < -0.3 is 9.67 Å². The molecule has 0 radical (unpaired) electrons. The number of benzene rings is 1. The molecular formula is C17H12F6N2O. The maximum absolute atomic E-state index is 14.4. The quantitative estimate of drug-likeness (QED) is 0.757. The fourth-order valence-electron chi connectivity index (χ4n) is 3.26. The van der Waals surface area contributed by atoms with Crippen molar-refractivity contribution in [2.24, 2.45) is 0 Å². The molecule has 0 amide bonds. The lowest BCUT2D eigenvalue weighted by Gasteiger charge is -2.38. The van der Waals surface area contributed by atoms with Crippen LogP contribution < -0.4 is 0 Å². The lowest BCUT2D eigenvalue weighted by atomic mass is 9.78. The van der Waals surface area contributed by atoms with Crippen molar-refractivity contribution < 1.29 is 31.4 Å². The van der Waals surface area contributed by atoms with Gasteiger partial charge in [-0.3, -0.25) is 0 Å². The van der Waals surface area contributed by atoms with E-state index in [-0.39, 0.29) is 11.4 Å². The first kappa shape index (κ1) is 18.3. The van der Waals surface area contributed by atoms with Crippen LogP contribution in [0, 0.1) is 17.1 Å². The molecule has 0 spiro atoms. The lowest BCUT2D eigenvalue weighted by molar-refractivity contribution is -0.193. The fraction of sp³-hybridized carbons (Fsp3) is 0.353. The SMILES string of the molecule is CC1(O)c2c(C(F)(F)F)cn(-c3cccc(C#N)c3F)c2CCC1(F)F. The minimum absolute atomic E-state index is 0.262. The maximum atomic E-state index is 14.4. The number of hydrogen-bond donors (Lipinski definition) is 1. The van der Waals surface area contributed by atoms with Crippen molar-refractivity contribution in [3.05, 3.63) is 52.6 Å². The number of aromatic nitrogens is 1. The zero-order chi connectivity index (χ0) is 19.5. The molecule has 138 valence electrons. The van der Waals surface area contributed by atoms with Gasteiger partial charge in [-0.1, -0.05) is 6.07 Å². The van der Waals surface area contributed by atoms with Gasteiger partial charge in [0.25, 0.3) is 5.92 Å². The molecule has 1 aromatic heterocycles. The minimum atomic E-state index is -5.03. The van der Waals surface area contributed by atoms with E-state index in [0.29, 0.717) is 13.1 Å². The highest BCUT2D eigenvalue weighted by Crippen LogP contribution is 2.51. The first-order chi connectivity index (χ1) is 11.9. The molecule has 0 aliphatic heterocycles. The molecule has 1 aromatic carbocycles. The highest BCUT2D eigenvalue weighted by atomic mass is 19.4. The third kappa shape index (κ3) is 2.48. The molecule has 1 heterocycles. The summed E-state index contributed by atoms with van der Waals surface area (Å²) in [6, 6.07) is 5.12. The van der Waals surface area contributed by atoms with Crippen LogP contribution in [0.4, 0.5) is 26.3 Å². The molecule has 1 atom stereocenters. The Bertz CT molecular complexity index is 921. The monoisotopic (exact) mass is 374 g/mol. The molecule has 1 unspecified atom stereocenters. The van der Waals surface area contributed by atoms with Gasteiger partial charge in [0.1, 0.15) is 6.07 Å². The number of nitriles is 1. The molecule has 0 saturated carbocycles. The second-order valence-electron chi connectivity index (χ2n) is 6.26. The van der Waals surface area contributed by atoms with E-state index >= 15 is 0 Å². The fourth-order valence-corrected chi connectivity index (χ4v) is 3.26. The molecule has 1 aliphatic rings. The van der Waals surface area contributed by atoms with Gasteiger partial charge in [0, 0.05) is 23.9 Å². The number of aliphatic hydroxyl groups is 1. The van der Waals surface area contributed by atoms with Crippen LogP contribution in [0.15, 0.2) is 24.4 Å². The summed E-state index contributed by atoms with van der Waals surface area (Å²) >= 11 is 0. The normalized spacial score (nSPS) is 22.0. The average Bonchev–Trinajstić information content (AvgIpc) is 2.92. The van der Waals surface area contributed by atoms with Crippen LogP contribution in [0.25, 0.3) is 5.69 Å². The number of alkyl halides is 5. The summed E-state index contributed by atoms with van der Waals surface area (Å²) in [6.45, 7) is 0.618. The van der Waals surface area contributed by atoms with Gasteiger partial charge in [0.15, 0.2) is 11.4 Å². The number of nitrogens with zero attached hydrogens (tertiary/aromatic N) is 2. The molecule has 9 heteroatoms. The van der Waals surface area contributed by atoms with Gasteiger partial charge >= 0.3 is 6.18 Å². The number of rotatable bonds is 1. The van der Waals surface area contributed by atoms with E-state index < -0.39 is 53.0 Å². The standard InChI is InChI=1S/C17H12F6N2O/c1-15(26)13-10(17(21,22)23)8-25(11(13)5-6-16(15,19)20)12-4-2-3-9(7-24)14(12)18/h2-4,8,26H,5-6H2,1H3. The molecule has 2 aromatic rings. The molecule has 26 heavy (non-hydrogen) atoms. The zero-order valence-electron chi connectivity index (χ0n) is 13.3. The summed E-state index contributed by atoms with van der Waals surface area (Å²) < 4.78 is 83.7. The molecule has 1 aliphatic carbocycles. The maximum Gasteiger partial charge on any atom is 0.418 e. The average molecular weight is 374 g/mol. The van der Waals surface area contributed by atoms with E-state index in [0.717, 1.165) is 16.7 Å². The largest absolute Gasteiger partial charge is 0.418 e. The summed E-state index contributed by atoms with van der Waals surface area (Å²) in [4.78, 5) is 0. The molecule has 3 nitrogen and oxygen atoms in total. The van der Waals surface area contributed by atoms with Crippen LogP contribution in [0.1, 0.15) is 35.7 Å². The number of fused-ring (bicyclic) bond motifs is 1. The number of hydrogen-bond acceptors (Lipinski definition) is 2. The van der Waals surface area contributed by atoms with E-state index in [9.17, 15) is 31.4 Å². The summed E-state index contributed by atoms with van der Waals surface area (Å²) in [6.07, 6.45) is -5.94. The van der Waals surface area contributed by atoms with Crippen LogP contribution in [0.3, 0.4) is 0 Å². The number of halogens is 6. The second kappa shape index (κ2) is 5.51. The topological polar surface area (TPSA) is 49.0 Å². The summed E-state index contributed by atoms with van der Waals surface area (Å²) in [5, 5.41) is 19.1. The van der Waals surface area contributed by atoms with Crippen LogP contribution >= 0.6 is 0 Å². The summed E-state index contributed by atoms with van der Waals surface area (Å²) in [7, 11) is 0. The van der Waals surface area contributed by atoms with E-state index in [1.807, 2.05) is 0 Å². The van der Waals surface area contributed by atoms with Crippen molar-refractivity contribution in [2.75, 3.05) is 0 Å². The van der Waals surface area contributed by atoms with Gasteiger partial charge in [0.05, 0.1) is 16.8 Å². The molecule has 0 fully saturated rings. The van der Waals surface area contributed by atoms with E-state index in [4.69, 9.17) is 5.26 Å². The van der Waals surface area contributed by atoms with Crippen molar-refractivity contribution in [3.8, 4) is 11.8 Å². The van der Waals surface area contributed by atoms with Crippen molar-refractivity contribution in [1.29, 1.82) is 5.26 Å². The highest BCUT2D eigenvalue weighted by molar-refractivity contribution is 5.51. The summed E-state index contributed by atoms with van der Waals surface area (Å²) in [5.74, 6) is -4.85. The van der Waals surface area contributed by atoms with Gasteiger partial charge in [0.2, 0.25) is 0 Å². The van der Waals surface area contributed by atoms with Crippen LogP contribution in [0.2, 0.25) is 0 Å². The molecule has 1 N–H and O–H groups in total. The predicted octanol–water partition coefficient (Wildman–Crippen LogP) is 4.30. The van der Waals surface area contributed by atoms with Crippen molar-refractivity contribution >= 4 is 0 Å². The Labute approximate surface area is 144 Å². The Morgan fingerprint density at radius 1 is 1.27 bits per heavy atom. The Morgan fingerprint density at radius 2 is 1.92 bits per heavy atom. The second-order valence-corrected chi connectivity index (χ2v) is 6.26. The Balaban J connectivity index is 2.36. The third-order valence-corrected chi connectivity index (χ3v) is 4.65. The Morgan fingerprint density at radius 3 is 2.50 bits per heavy atom. The Kier molecular flexibility index (Phi) is 3.88. The smallest absolute Gasteiger partial charge is 0.379 e. The van der Waals surface area contributed by atoms with Gasteiger partial charge in [-0.15, -0.1) is 0 Å². The minimum Gasteiger partial charge on any atom is -0.379 e. The molecule has 3 rings (SSSR count). The van der Waals surface area contributed by atoms with Crippen molar-refractivity contribution in [1.82, 2.24) is 4.57 Å². The van der Waals surface area contributed by atoms with Gasteiger partial charge in [-0.05, 0) is 25.5 Å². The molecule has 0 saturated heterocycles. The first-order valence-electron chi connectivity index (χ1n) is 7.53. The van der Waals surface area contributed by atoms with E-state index in [2.05, 4.69) is 0 Å². The van der Waals surface area contributed by atoms with Crippen molar-refractivity contribution in [2.45, 2.75) is 37.5 Å². The third-order valence-electron chi connectivity index (χ3n) is 4.65. The van der Waals surface area contributed by atoms with Crippen LogP contribution in [0.5, 0.6) is 0 Å².